The van der Waals surface area contributed by atoms with Gasteiger partial charge in [0.25, 0.3) is 5.91 Å². The van der Waals surface area contributed by atoms with Gasteiger partial charge in [-0.25, -0.2) is 4.98 Å². The molecule has 0 saturated carbocycles. The van der Waals surface area contributed by atoms with Gasteiger partial charge in [0.05, 0.1) is 13.7 Å². The first-order chi connectivity index (χ1) is 15.5. The van der Waals surface area contributed by atoms with E-state index >= 15 is 0 Å². The Morgan fingerprint density at radius 3 is 2.66 bits per heavy atom. The van der Waals surface area contributed by atoms with Crippen molar-refractivity contribution >= 4 is 5.91 Å². The predicted molar refractivity (Wildman–Crippen MR) is 118 cm³/mol. The van der Waals surface area contributed by atoms with Crippen molar-refractivity contribution in [1.29, 1.82) is 0 Å². The lowest BCUT2D eigenvalue weighted by Crippen LogP contribution is -2.22. The zero-order chi connectivity index (χ0) is 22.5. The van der Waals surface area contributed by atoms with Crippen LogP contribution in [0.25, 0.3) is 11.4 Å². The summed E-state index contributed by atoms with van der Waals surface area (Å²) in [6.07, 6.45) is 0. The highest BCUT2D eigenvalue weighted by Crippen LogP contribution is 2.21. The quantitative estimate of drug-likeness (QED) is 0.433. The minimum absolute atomic E-state index is 0.192. The summed E-state index contributed by atoms with van der Waals surface area (Å²) < 4.78 is 16.6. The van der Waals surface area contributed by atoms with Gasteiger partial charge in [0.2, 0.25) is 0 Å². The van der Waals surface area contributed by atoms with Crippen molar-refractivity contribution in [3.63, 3.8) is 0 Å². The fourth-order valence-electron chi connectivity index (χ4n) is 3.18. The van der Waals surface area contributed by atoms with Gasteiger partial charge < -0.3 is 19.2 Å². The van der Waals surface area contributed by atoms with E-state index in [0.29, 0.717) is 17.4 Å². The van der Waals surface area contributed by atoms with E-state index < -0.39 is 0 Å². The molecule has 0 atom stereocenters. The molecule has 2 aromatic carbocycles. The lowest BCUT2D eigenvalue weighted by molar-refractivity contribution is 0.0918. The van der Waals surface area contributed by atoms with Crippen LogP contribution in [0.4, 0.5) is 0 Å². The van der Waals surface area contributed by atoms with E-state index in [4.69, 9.17) is 13.9 Å². The van der Waals surface area contributed by atoms with Crippen LogP contribution < -0.4 is 14.8 Å². The Morgan fingerprint density at radius 2 is 1.91 bits per heavy atom. The monoisotopic (exact) mass is 432 g/mol. The van der Waals surface area contributed by atoms with Gasteiger partial charge in [-0.3, -0.25) is 9.89 Å². The topological polar surface area (TPSA) is 102 Å². The minimum Gasteiger partial charge on any atom is -0.497 e. The molecule has 0 fully saturated rings. The van der Waals surface area contributed by atoms with Gasteiger partial charge in [-0.15, -0.1) is 0 Å². The first-order valence-electron chi connectivity index (χ1n) is 10.1. The van der Waals surface area contributed by atoms with Crippen molar-refractivity contribution < 1.29 is 18.7 Å². The summed E-state index contributed by atoms with van der Waals surface area (Å²) in [6.45, 7) is 4.46. The SMILES string of the molecule is COc1ccc(-c2n[nH]c(CNC(=O)c3ccc(COc4ccc(C)cc4C)o3)n2)cc1. The highest BCUT2D eigenvalue weighted by Gasteiger charge is 2.13. The molecule has 8 nitrogen and oxygen atoms in total. The summed E-state index contributed by atoms with van der Waals surface area (Å²) in [7, 11) is 1.61. The Morgan fingerprint density at radius 1 is 1.09 bits per heavy atom. The first-order valence-corrected chi connectivity index (χ1v) is 10.1. The highest BCUT2D eigenvalue weighted by atomic mass is 16.5. The Balaban J connectivity index is 1.31. The zero-order valence-corrected chi connectivity index (χ0v) is 18.1. The van der Waals surface area contributed by atoms with Crippen LogP contribution in [0.15, 0.2) is 59.0 Å². The molecule has 0 spiro atoms. The molecule has 4 rings (SSSR count). The number of nitrogens with one attached hydrogen (secondary N) is 2. The normalized spacial score (nSPS) is 10.7. The fourth-order valence-corrected chi connectivity index (χ4v) is 3.18. The Labute approximate surface area is 185 Å². The maximum atomic E-state index is 12.4. The third-order valence-corrected chi connectivity index (χ3v) is 4.88. The molecule has 0 bridgehead atoms. The lowest BCUT2D eigenvalue weighted by atomic mass is 10.1. The second-order valence-corrected chi connectivity index (χ2v) is 7.34. The molecule has 0 unspecified atom stereocenters. The number of aryl methyl sites for hydroxylation is 2. The van der Waals surface area contributed by atoms with Gasteiger partial charge >= 0.3 is 0 Å². The minimum atomic E-state index is -0.342. The van der Waals surface area contributed by atoms with Crippen molar-refractivity contribution in [2.75, 3.05) is 7.11 Å². The molecule has 8 heteroatoms. The number of ether oxygens (including phenoxy) is 2. The summed E-state index contributed by atoms with van der Waals surface area (Å²) in [5.41, 5.74) is 3.07. The molecule has 32 heavy (non-hydrogen) atoms. The number of methoxy groups -OCH3 is 1. The Kier molecular flexibility index (Phi) is 6.21. The van der Waals surface area contributed by atoms with Crippen molar-refractivity contribution in [3.8, 4) is 22.9 Å². The van der Waals surface area contributed by atoms with Crippen molar-refractivity contribution in [2.24, 2.45) is 0 Å². The molecule has 0 aliphatic heterocycles. The van der Waals surface area contributed by atoms with Crippen LogP contribution in [-0.4, -0.2) is 28.2 Å². The van der Waals surface area contributed by atoms with Gasteiger partial charge in [-0.05, 0) is 61.9 Å². The van der Waals surface area contributed by atoms with E-state index in [1.54, 1.807) is 19.2 Å². The number of nitrogens with zero attached hydrogens (tertiary/aromatic N) is 2. The van der Waals surface area contributed by atoms with Gasteiger partial charge in [0.1, 0.15) is 29.7 Å². The van der Waals surface area contributed by atoms with Crippen LogP contribution in [0.2, 0.25) is 0 Å². The third kappa shape index (κ3) is 4.97. The van der Waals surface area contributed by atoms with Gasteiger partial charge in [-0.2, -0.15) is 5.10 Å². The predicted octanol–water partition coefficient (Wildman–Crippen LogP) is 4.20. The molecule has 2 heterocycles. The molecule has 164 valence electrons. The van der Waals surface area contributed by atoms with E-state index in [2.05, 4.69) is 26.6 Å². The number of benzene rings is 2. The number of aromatic nitrogens is 3. The fraction of sp³-hybridized carbons (Fsp3) is 0.208. The number of hydrogen-bond acceptors (Lipinski definition) is 6. The molecule has 0 saturated heterocycles. The summed E-state index contributed by atoms with van der Waals surface area (Å²) in [5, 5.41) is 9.80. The summed E-state index contributed by atoms with van der Waals surface area (Å²) in [5.74, 6) is 3.06. The third-order valence-electron chi connectivity index (χ3n) is 4.88. The number of aromatic amines is 1. The van der Waals surface area contributed by atoms with Crippen LogP contribution in [0.5, 0.6) is 11.5 Å². The maximum absolute atomic E-state index is 12.4. The van der Waals surface area contributed by atoms with Crippen LogP contribution in [-0.2, 0) is 13.2 Å². The number of rotatable bonds is 8. The molecular weight excluding hydrogens is 408 g/mol. The zero-order valence-electron chi connectivity index (χ0n) is 18.1. The Bertz CT molecular complexity index is 1210. The number of H-pyrrole nitrogens is 1. The molecule has 0 aliphatic carbocycles. The first kappa shape index (κ1) is 21.2. The second kappa shape index (κ2) is 9.38. The largest absolute Gasteiger partial charge is 0.497 e. The molecule has 0 aliphatic rings. The average molecular weight is 432 g/mol. The van der Waals surface area contributed by atoms with E-state index in [1.165, 1.54) is 5.56 Å². The van der Waals surface area contributed by atoms with E-state index in [0.717, 1.165) is 22.6 Å². The van der Waals surface area contributed by atoms with Gasteiger partial charge in [0, 0.05) is 5.56 Å². The van der Waals surface area contributed by atoms with Crippen molar-refractivity contribution in [3.05, 3.63) is 83.1 Å². The average Bonchev–Trinajstić information content (AvgIpc) is 3.47. The maximum Gasteiger partial charge on any atom is 0.287 e. The van der Waals surface area contributed by atoms with Crippen LogP contribution >= 0.6 is 0 Å². The van der Waals surface area contributed by atoms with Gasteiger partial charge in [-0.1, -0.05) is 17.7 Å². The van der Waals surface area contributed by atoms with E-state index in [-0.39, 0.29) is 24.8 Å². The molecule has 0 radical (unpaired) electrons. The number of hydrogen-bond donors (Lipinski definition) is 2. The number of amides is 1. The summed E-state index contributed by atoms with van der Waals surface area (Å²) in [4.78, 5) is 16.8. The van der Waals surface area contributed by atoms with Crippen LogP contribution in [0.1, 0.15) is 33.3 Å². The molecule has 2 aromatic heterocycles. The number of carbonyl (C=O) groups excluding carboxylic acids is 1. The molecule has 2 N–H and O–H groups in total. The second-order valence-electron chi connectivity index (χ2n) is 7.34. The summed E-state index contributed by atoms with van der Waals surface area (Å²) >= 11 is 0. The van der Waals surface area contributed by atoms with Gasteiger partial charge in [0.15, 0.2) is 11.6 Å². The summed E-state index contributed by atoms with van der Waals surface area (Å²) in [6, 6.07) is 16.8. The smallest absolute Gasteiger partial charge is 0.287 e. The van der Waals surface area contributed by atoms with E-state index in [9.17, 15) is 4.79 Å². The van der Waals surface area contributed by atoms with Crippen LogP contribution in [0, 0.1) is 13.8 Å². The lowest BCUT2D eigenvalue weighted by Gasteiger charge is -2.08. The highest BCUT2D eigenvalue weighted by molar-refractivity contribution is 5.91. The number of furan rings is 1. The molecular formula is C24H24N4O4. The molecule has 1 amide bonds. The molecule has 4 aromatic rings. The van der Waals surface area contributed by atoms with Crippen LogP contribution in [0.3, 0.4) is 0 Å². The standard InChI is InChI=1S/C24H24N4O4/c1-15-4-10-20(16(2)12-15)31-14-19-9-11-21(32-19)24(29)25-13-22-26-23(28-27-22)17-5-7-18(30-3)8-6-17/h4-12H,13-14H2,1-3H3,(H,25,29)(H,26,27,28). The van der Waals surface area contributed by atoms with Crippen molar-refractivity contribution in [1.82, 2.24) is 20.5 Å². The van der Waals surface area contributed by atoms with E-state index in [1.807, 2.05) is 50.2 Å². The Hall–Kier alpha value is -4.07. The van der Waals surface area contributed by atoms with Crippen molar-refractivity contribution in [2.45, 2.75) is 27.0 Å². The number of carbonyl (C=O) groups is 1.